The van der Waals surface area contributed by atoms with Gasteiger partial charge in [0.25, 0.3) is 0 Å². The van der Waals surface area contributed by atoms with Crippen LogP contribution in [0.4, 0.5) is 13.2 Å². The van der Waals surface area contributed by atoms with Gasteiger partial charge in [0.15, 0.2) is 0 Å². The summed E-state index contributed by atoms with van der Waals surface area (Å²) in [7, 11) is 0. The molecular formula is C18H20F3N. The van der Waals surface area contributed by atoms with Crippen molar-refractivity contribution in [3.63, 3.8) is 0 Å². The highest BCUT2D eigenvalue weighted by Crippen LogP contribution is 2.40. The maximum Gasteiger partial charge on any atom is 0.394 e. The van der Waals surface area contributed by atoms with Crippen molar-refractivity contribution in [3.8, 4) is 11.3 Å². The van der Waals surface area contributed by atoms with Gasteiger partial charge in [0.05, 0.1) is 11.1 Å². The second-order valence-electron chi connectivity index (χ2n) is 5.44. The topological polar surface area (TPSA) is 12.9 Å². The van der Waals surface area contributed by atoms with E-state index in [0.717, 1.165) is 26.1 Å². The Labute approximate surface area is 140 Å². The lowest BCUT2D eigenvalue weighted by Gasteiger charge is -2.27. The molecule has 1 heterocycles. The molecule has 0 aliphatic rings. The normalized spacial score (nSPS) is 19.7. The summed E-state index contributed by atoms with van der Waals surface area (Å²) < 4.78 is 101. The van der Waals surface area contributed by atoms with Crippen LogP contribution in [-0.4, -0.2) is 11.2 Å². The first-order chi connectivity index (χ1) is 13.3. The number of hydrogen-bond donors (Lipinski definition) is 0. The van der Waals surface area contributed by atoms with Crippen molar-refractivity contribution in [2.24, 2.45) is 5.41 Å². The predicted octanol–water partition coefficient (Wildman–Crippen LogP) is 5.50. The maximum absolute atomic E-state index is 13.3. The Morgan fingerprint density at radius 3 is 2.27 bits per heavy atom. The number of halogens is 3. The summed E-state index contributed by atoms with van der Waals surface area (Å²) >= 11 is 0. The molecule has 118 valence electrons. The van der Waals surface area contributed by atoms with Crippen LogP contribution in [0.1, 0.15) is 41.5 Å². The minimum absolute atomic E-state index is 0.108. The van der Waals surface area contributed by atoms with Gasteiger partial charge in [0.1, 0.15) is 0 Å². The lowest BCUT2D eigenvalue weighted by Crippen LogP contribution is -2.34. The van der Waals surface area contributed by atoms with Crippen LogP contribution in [0.15, 0.2) is 36.5 Å². The summed E-state index contributed by atoms with van der Waals surface area (Å²) in [5.74, 6) is 0. The molecule has 0 N–H and O–H groups in total. The largest absolute Gasteiger partial charge is 0.394 e. The van der Waals surface area contributed by atoms with E-state index in [2.05, 4.69) is 4.98 Å². The van der Waals surface area contributed by atoms with E-state index in [-0.39, 0.29) is 11.3 Å². The molecule has 0 aliphatic heterocycles. The fraction of sp³-hybridized carbons (Fsp3) is 0.389. The standard InChI is InChI=1S/C18H20F3N/c1-12-9-16(22-11-13(12)2)15-7-5-14(6-8-15)10-17(3,4)18(19,20)21/h5-9,11H,10H2,1-4H3/i1D3,2D3,10D2. The van der Waals surface area contributed by atoms with Gasteiger partial charge in [-0.3, -0.25) is 4.98 Å². The molecule has 0 saturated carbocycles. The molecule has 1 aromatic carbocycles. The molecule has 1 aromatic heterocycles. The first-order valence-corrected chi connectivity index (χ1v) is 6.49. The molecule has 0 atom stereocenters. The van der Waals surface area contributed by atoms with E-state index in [4.69, 9.17) is 11.0 Å². The predicted molar refractivity (Wildman–Crippen MR) is 82.7 cm³/mol. The van der Waals surface area contributed by atoms with E-state index >= 15 is 0 Å². The lowest BCUT2D eigenvalue weighted by molar-refractivity contribution is -0.211. The Bertz CT molecular complexity index is 913. The van der Waals surface area contributed by atoms with E-state index < -0.39 is 42.8 Å². The van der Waals surface area contributed by atoms with Gasteiger partial charge in [-0.2, -0.15) is 13.2 Å². The zero-order valence-electron chi connectivity index (χ0n) is 20.0. The Morgan fingerprint density at radius 1 is 1.09 bits per heavy atom. The van der Waals surface area contributed by atoms with Crippen molar-refractivity contribution in [1.29, 1.82) is 0 Å². The number of aromatic nitrogens is 1. The molecule has 2 aromatic rings. The van der Waals surface area contributed by atoms with E-state index in [1.807, 2.05) is 0 Å². The van der Waals surface area contributed by atoms with Crippen molar-refractivity contribution < 1.29 is 24.1 Å². The highest BCUT2D eigenvalue weighted by molar-refractivity contribution is 5.60. The number of pyridine rings is 1. The van der Waals surface area contributed by atoms with Gasteiger partial charge in [0, 0.05) is 22.7 Å². The fourth-order valence-corrected chi connectivity index (χ4v) is 1.77. The monoisotopic (exact) mass is 315 g/mol. The summed E-state index contributed by atoms with van der Waals surface area (Å²) in [6.07, 6.45) is -6.56. The van der Waals surface area contributed by atoms with E-state index in [1.54, 1.807) is 0 Å². The third-order valence-electron chi connectivity index (χ3n) is 3.25. The number of aryl methyl sites for hydroxylation is 2. The summed E-state index contributed by atoms with van der Waals surface area (Å²) in [4.78, 5) is 3.99. The van der Waals surface area contributed by atoms with Gasteiger partial charge >= 0.3 is 6.18 Å². The quantitative estimate of drug-likeness (QED) is 0.729. The third kappa shape index (κ3) is 3.49. The Morgan fingerprint density at radius 2 is 1.73 bits per heavy atom. The van der Waals surface area contributed by atoms with Crippen LogP contribution in [0.5, 0.6) is 0 Å². The van der Waals surface area contributed by atoms with Crippen molar-refractivity contribution in [2.75, 3.05) is 0 Å². The van der Waals surface area contributed by atoms with Crippen LogP contribution in [0, 0.1) is 19.1 Å². The molecular weight excluding hydrogens is 287 g/mol. The Hall–Kier alpha value is -1.84. The van der Waals surface area contributed by atoms with Crippen LogP contribution >= 0.6 is 0 Å². The number of rotatable bonds is 3. The van der Waals surface area contributed by atoms with Gasteiger partial charge in [-0.15, -0.1) is 0 Å². The van der Waals surface area contributed by atoms with Crippen LogP contribution < -0.4 is 0 Å². The molecule has 0 unspecified atom stereocenters. The minimum atomic E-state index is -4.78. The highest BCUT2D eigenvalue weighted by Gasteiger charge is 2.46. The Kier molecular flexibility index (Phi) is 2.27. The number of benzene rings is 1. The maximum atomic E-state index is 13.3. The number of nitrogens with zero attached hydrogens (tertiary/aromatic N) is 1. The van der Waals surface area contributed by atoms with Gasteiger partial charge in [0.2, 0.25) is 0 Å². The summed E-state index contributed by atoms with van der Waals surface area (Å²) in [5, 5.41) is 0. The van der Waals surface area contributed by atoms with Crippen molar-refractivity contribution in [3.05, 3.63) is 53.2 Å². The molecule has 0 radical (unpaired) electrons. The third-order valence-corrected chi connectivity index (χ3v) is 3.25. The van der Waals surface area contributed by atoms with Crippen LogP contribution in [0.25, 0.3) is 11.3 Å². The molecule has 0 spiro atoms. The van der Waals surface area contributed by atoms with E-state index in [9.17, 15) is 13.2 Å². The molecule has 0 amide bonds. The van der Waals surface area contributed by atoms with Crippen LogP contribution in [-0.2, 0) is 6.37 Å². The van der Waals surface area contributed by atoms with Crippen molar-refractivity contribution >= 4 is 0 Å². The minimum Gasteiger partial charge on any atom is -0.256 e. The van der Waals surface area contributed by atoms with Gasteiger partial charge < -0.3 is 0 Å². The summed E-state index contributed by atoms with van der Waals surface area (Å²) in [6, 6.07) is 6.10. The first kappa shape index (κ1) is 8.70. The molecule has 4 heteroatoms. The average Bonchev–Trinajstić information content (AvgIpc) is 2.58. The first-order valence-electron chi connectivity index (χ1n) is 10.5. The molecule has 22 heavy (non-hydrogen) atoms. The zero-order valence-corrected chi connectivity index (χ0v) is 12.0. The zero-order chi connectivity index (χ0) is 23.3. The molecule has 0 aliphatic carbocycles. The van der Waals surface area contributed by atoms with Crippen molar-refractivity contribution in [2.45, 2.75) is 40.1 Å². The fourth-order valence-electron chi connectivity index (χ4n) is 1.77. The SMILES string of the molecule is [2H]C([2H])([2H])c1cnc(-c2ccc(C([2H])([2H])C(C)(C)C(F)(F)F)cc2)cc1C([2H])([2H])[2H]. The second kappa shape index (κ2) is 5.75. The lowest BCUT2D eigenvalue weighted by atomic mass is 9.85. The van der Waals surface area contributed by atoms with Gasteiger partial charge in [-0.25, -0.2) is 0 Å². The molecule has 2 rings (SSSR count). The number of alkyl halides is 3. The van der Waals surface area contributed by atoms with E-state index in [1.165, 1.54) is 24.3 Å². The van der Waals surface area contributed by atoms with E-state index in [0.29, 0.717) is 5.56 Å². The summed E-state index contributed by atoms with van der Waals surface area (Å²) in [6.45, 7) is -3.84. The number of hydrogen-bond acceptors (Lipinski definition) is 1. The molecule has 0 saturated heterocycles. The smallest absolute Gasteiger partial charge is 0.256 e. The Balaban J connectivity index is 2.52. The highest BCUT2D eigenvalue weighted by atomic mass is 19.4. The second-order valence-corrected chi connectivity index (χ2v) is 5.44. The molecule has 0 bridgehead atoms. The van der Waals surface area contributed by atoms with Crippen molar-refractivity contribution in [1.82, 2.24) is 4.98 Å². The average molecular weight is 315 g/mol. The van der Waals surface area contributed by atoms with Gasteiger partial charge in [-0.05, 0) is 42.8 Å². The molecule has 0 fully saturated rings. The van der Waals surface area contributed by atoms with Crippen LogP contribution in [0.2, 0.25) is 0 Å². The van der Waals surface area contributed by atoms with Gasteiger partial charge in [-0.1, -0.05) is 38.1 Å². The summed E-state index contributed by atoms with van der Waals surface area (Å²) in [5.41, 5.74) is -3.26. The molecule has 1 nitrogen and oxygen atoms in total. The van der Waals surface area contributed by atoms with Crippen LogP contribution in [0.3, 0.4) is 0 Å².